The standard InChI is InChI=1S/C22H18Cl2N2O3/c1-28-18-9-4-16(5-10-18)26-22(27)14-29-19-7-2-15(3-8-19)13-25-17-6-11-20(23)21(24)12-17/h2-13H,14H2,1H3,(H,26,27). The number of methoxy groups -OCH3 is 1. The number of hydrogen-bond donors (Lipinski definition) is 1. The highest BCUT2D eigenvalue weighted by molar-refractivity contribution is 6.42. The third kappa shape index (κ3) is 6.24. The average Bonchev–Trinajstić information content (AvgIpc) is 2.74. The largest absolute Gasteiger partial charge is 0.497 e. The zero-order valence-electron chi connectivity index (χ0n) is 15.6. The van der Waals surface area contributed by atoms with Crippen LogP contribution in [0.2, 0.25) is 10.0 Å². The summed E-state index contributed by atoms with van der Waals surface area (Å²) in [4.78, 5) is 16.4. The van der Waals surface area contributed by atoms with E-state index in [1.54, 1.807) is 67.9 Å². The number of carbonyl (C=O) groups excluding carboxylic acids is 1. The summed E-state index contributed by atoms with van der Waals surface area (Å²) in [5.41, 5.74) is 2.26. The van der Waals surface area contributed by atoms with Gasteiger partial charge in [-0.2, -0.15) is 0 Å². The number of nitrogens with one attached hydrogen (secondary N) is 1. The van der Waals surface area contributed by atoms with Crippen molar-refractivity contribution in [2.45, 2.75) is 0 Å². The van der Waals surface area contributed by atoms with E-state index < -0.39 is 0 Å². The number of nitrogens with zero attached hydrogens (tertiary/aromatic N) is 1. The summed E-state index contributed by atoms with van der Waals surface area (Å²) >= 11 is 11.9. The molecule has 0 aliphatic rings. The van der Waals surface area contributed by atoms with Gasteiger partial charge < -0.3 is 14.8 Å². The second-order valence-corrected chi connectivity index (χ2v) is 6.81. The van der Waals surface area contributed by atoms with Gasteiger partial charge in [-0.05, 0) is 72.3 Å². The Bertz CT molecular complexity index is 1000. The van der Waals surface area contributed by atoms with Crippen LogP contribution in [0.25, 0.3) is 0 Å². The summed E-state index contributed by atoms with van der Waals surface area (Å²) in [5.74, 6) is 1.06. The Morgan fingerprint density at radius 2 is 1.66 bits per heavy atom. The number of halogens is 2. The van der Waals surface area contributed by atoms with Crippen molar-refractivity contribution in [1.82, 2.24) is 0 Å². The van der Waals surface area contributed by atoms with E-state index in [1.807, 2.05) is 12.1 Å². The lowest BCUT2D eigenvalue weighted by molar-refractivity contribution is -0.118. The van der Waals surface area contributed by atoms with E-state index in [2.05, 4.69) is 10.3 Å². The van der Waals surface area contributed by atoms with Crippen molar-refractivity contribution < 1.29 is 14.3 Å². The van der Waals surface area contributed by atoms with Crippen LogP contribution in [0.4, 0.5) is 11.4 Å². The highest BCUT2D eigenvalue weighted by atomic mass is 35.5. The van der Waals surface area contributed by atoms with E-state index in [1.165, 1.54) is 0 Å². The lowest BCUT2D eigenvalue weighted by Crippen LogP contribution is -2.20. The second kappa shape index (κ2) is 9.96. The van der Waals surface area contributed by atoms with Crippen molar-refractivity contribution in [3.8, 4) is 11.5 Å². The van der Waals surface area contributed by atoms with E-state index in [9.17, 15) is 4.79 Å². The molecule has 148 valence electrons. The van der Waals surface area contributed by atoms with Crippen LogP contribution in [0.3, 0.4) is 0 Å². The van der Waals surface area contributed by atoms with Gasteiger partial charge in [0.15, 0.2) is 6.61 Å². The van der Waals surface area contributed by atoms with Gasteiger partial charge in [0.05, 0.1) is 22.8 Å². The van der Waals surface area contributed by atoms with Crippen LogP contribution in [0.1, 0.15) is 5.56 Å². The topological polar surface area (TPSA) is 59.9 Å². The van der Waals surface area contributed by atoms with Crippen molar-refractivity contribution in [2.75, 3.05) is 19.0 Å². The van der Waals surface area contributed by atoms with Crippen molar-refractivity contribution in [1.29, 1.82) is 0 Å². The molecule has 1 N–H and O–H groups in total. The molecule has 0 aromatic heterocycles. The Morgan fingerprint density at radius 3 is 2.31 bits per heavy atom. The average molecular weight is 429 g/mol. The van der Waals surface area contributed by atoms with Crippen LogP contribution in [0, 0.1) is 0 Å². The molecule has 3 aromatic rings. The molecule has 3 aromatic carbocycles. The SMILES string of the molecule is COc1ccc(NC(=O)COc2ccc(C=Nc3ccc(Cl)c(Cl)c3)cc2)cc1. The molecule has 0 unspecified atom stereocenters. The molecule has 0 atom stereocenters. The maximum atomic E-state index is 12.0. The van der Waals surface area contributed by atoms with E-state index in [0.717, 1.165) is 11.3 Å². The predicted octanol–water partition coefficient (Wildman–Crippen LogP) is 5.77. The summed E-state index contributed by atoms with van der Waals surface area (Å²) in [6, 6.07) is 19.5. The van der Waals surface area contributed by atoms with E-state index in [4.69, 9.17) is 32.7 Å². The van der Waals surface area contributed by atoms with Gasteiger partial charge >= 0.3 is 0 Å². The molecule has 0 radical (unpaired) electrons. The molecular weight excluding hydrogens is 411 g/mol. The van der Waals surface area contributed by atoms with Crippen LogP contribution in [-0.4, -0.2) is 25.8 Å². The smallest absolute Gasteiger partial charge is 0.262 e. The number of hydrogen-bond acceptors (Lipinski definition) is 4. The summed E-state index contributed by atoms with van der Waals surface area (Å²) in [6.45, 7) is -0.0945. The summed E-state index contributed by atoms with van der Waals surface area (Å²) in [5, 5.41) is 3.71. The molecule has 1 amide bonds. The summed E-state index contributed by atoms with van der Waals surface area (Å²) in [6.07, 6.45) is 1.71. The van der Waals surface area contributed by atoms with Crippen LogP contribution in [0.5, 0.6) is 11.5 Å². The lowest BCUT2D eigenvalue weighted by Gasteiger charge is -2.08. The summed E-state index contributed by atoms with van der Waals surface area (Å²) < 4.78 is 10.6. The molecule has 29 heavy (non-hydrogen) atoms. The van der Waals surface area contributed by atoms with Crippen molar-refractivity contribution in [2.24, 2.45) is 4.99 Å². The quantitative estimate of drug-likeness (QED) is 0.485. The molecule has 0 saturated carbocycles. The normalized spacial score (nSPS) is 10.7. The van der Waals surface area contributed by atoms with Gasteiger partial charge in [-0.25, -0.2) is 0 Å². The minimum Gasteiger partial charge on any atom is -0.497 e. The Labute approximate surface area is 178 Å². The second-order valence-electron chi connectivity index (χ2n) is 5.99. The first-order chi connectivity index (χ1) is 14.0. The fourth-order valence-corrected chi connectivity index (χ4v) is 2.68. The Morgan fingerprint density at radius 1 is 0.966 bits per heavy atom. The predicted molar refractivity (Wildman–Crippen MR) is 117 cm³/mol. The molecule has 0 fully saturated rings. The van der Waals surface area contributed by atoms with Crippen LogP contribution < -0.4 is 14.8 Å². The molecule has 0 aliphatic carbocycles. The van der Waals surface area contributed by atoms with Crippen molar-refractivity contribution >= 4 is 46.7 Å². The van der Waals surface area contributed by atoms with Gasteiger partial charge in [0.1, 0.15) is 11.5 Å². The highest BCUT2D eigenvalue weighted by Gasteiger charge is 2.04. The van der Waals surface area contributed by atoms with Crippen molar-refractivity contribution in [3.05, 3.63) is 82.3 Å². The molecule has 0 heterocycles. The van der Waals surface area contributed by atoms with E-state index in [-0.39, 0.29) is 12.5 Å². The number of benzene rings is 3. The van der Waals surface area contributed by atoms with Crippen LogP contribution >= 0.6 is 23.2 Å². The van der Waals surface area contributed by atoms with Gasteiger partial charge in [0.25, 0.3) is 5.91 Å². The first-order valence-corrected chi connectivity index (χ1v) is 9.45. The Balaban J connectivity index is 1.51. The number of ether oxygens (including phenoxy) is 2. The zero-order chi connectivity index (χ0) is 20.6. The molecule has 5 nitrogen and oxygen atoms in total. The minimum atomic E-state index is -0.250. The number of carbonyl (C=O) groups is 1. The number of amides is 1. The minimum absolute atomic E-state index is 0.0945. The van der Waals surface area contributed by atoms with Crippen LogP contribution in [0.15, 0.2) is 71.7 Å². The molecular formula is C22H18Cl2N2O3. The molecule has 0 bridgehead atoms. The molecule has 3 rings (SSSR count). The third-order valence-corrected chi connectivity index (χ3v) is 4.63. The van der Waals surface area contributed by atoms with Gasteiger partial charge in [-0.15, -0.1) is 0 Å². The first kappa shape index (κ1) is 20.7. The molecule has 0 saturated heterocycles. The van der Waals surface area contributed by atoms with Gasteiger partial charge in [-0.3, -0.25) is 9.79 Å². The van der Waals surface area contributed by atoms with Crippen molar-refractivity contribution in [3.63, 3.8) is 0 Å². The highest BCUT2D eigenvalue weighted by Crippen LogP contribution is 2.26. The Kier molecular flexibility index (Phi) is 7.11. The van der Waals surface area contributed by atoms with Gasteiger partial charge in [0.2, 0.25) is 0 Å². The Hall–Kier alpha value is -3.02. The lowest BCUT2D eigenvalue weighted by atomic mass is 10.2. The van der Waals surface area contributed by atoms with Gasteiger partial charge in [0, 0.05) is 11.9 Å². The van der Waals surface area contributed by atoms with Crippen LogP contribution in [-0.2, 0) is 4.79 Å². The number of aliphatic imine (C=N–C) groups is 1. The molecule has 0 aliphatic heterocycles. The first-order valence-electron chi connectivity index (χ1n) is 8.69. The van der Waals surface area contributed by atoms with E-state index in [0.29, 0.717) is 27.2 Å². The zero-order valence-corrected chi connectivity index (χ0v) is 17.1. The maximum absolute atomic E-state index is 12.0. The third-order valence-electron chi connectivity index (χ3n) is 3.89. The molecule has 7 heteroatoms. The van der Waals surface area contributed by atoms with E-state index >= 15 is 0 Å². The molecule has 0 spiro atoms. The number of anilines is 1. The van der Waals surface area contributed by atoms with Gasteiger partial charge in [-0.1, -0.05) is 23.2 Å². The number of rotatable bonds is 7. The monoisotopic (exact) mass is 428 g/mol. The fraction of sp³-hybridized carbons (Fsp3) is 0.0909. The maximum Gasteiger partial charge on any atom is 0.262 e. The fourth-order valence-electron chi connectivity index (χ4n) is 2.38. The summed E-state index contributed by atoms with van der Waals surface area (Å²) in [7, 11) is 1.59.